The van der Waals surface area contributed by atoms with Gasteiger partial charge < -0.3 is 19.4 Å². The van der Waals surface area contributed by atoms with Crippen LogP contribution in [0.3, 0.4) is 0 Å². The van der Waals surface area contributed by atoms with Crippen molar-refractivity contribution in [3.05, 3.63) is 40.4 Å². The normalized spacial score (nSPS) is 14.0. The van der Waals surface area contributed by atoms with Crippen molar-refractivity contribution in [3.8, 4) is 11.5 Å². The number of non-ortho nitro benzene ring substituents is 1. The first-order valence-electron chi connectivity index (χ1n) is 4.92. The molecule has 9 heteroatoms. The number of hydrogen-bond acceptors (Lipinski definition) is 6. The SMILES string of the molecule is O=[N+]([O-])c1ccc(O)c2cccc(OP(=O)([O-])O)c12. The molecule has 2 N–H and O–H groups in total. The van der Waals surface area contributed by atoms with Crippen LogP contribution < -0.4 is 9.42 Å². The molecule has 0 aromatic heterocycles. The largest absolute Gasteiger partial charge is 0.746 e. The van der Waals surface area contributed by atoms with E-state index in [0.717, 1.165) is 18.2 Å². The third-order valence-electron chi connectivity index (χ3n) is 2.37. The van der Waals surface area contributed by atoms with Gasteiger partial charge in [0.05, 0.1) is 4.92 Å². The number of nitro benzene ring substituents is 1. The van der Waals surface area contributed by atoms with Crippen LogP contribution >= 0.6 is 7.82 Å². The Labute approximate surface area is 106 Å². The maximum absolute atomic E-state index is 10.9. The highest BCUT2D eigenvalue weighted by molar-refractivity contribution is 7.45. The molecule has 19 heavy (non-hydrogen) atoms. The summed E-state index contributed by atoms with van der Waals surface area (Å²) in [4.78, 5) is 29.6. The van der Waals surface area contributed by atoms with Crippen molar-refractivity contribution in [1.29, 1.82) is 0 Å². The van der Waals surface area contributed by atoms with Gasteiger partial charge in [-0.3, -0.25) is 14.7 Å². The highest BCUT2D eigenvalue weighted by atomic mass is 31.2. The Kier molecular flexibility index (Phi) is 3.15. The van der Waals surface area contributed by atoms with Gasteiger partial charge in [0, 0.05) is 11.5 Å². The number of phosphoric ester groups is 1. The lowest BCUT2D eigenvalue weighted by Gasteiger charge is -2.18. The van der Waals surface area contributed by atoms with Gasteiger partial charge in [-0.05, 0) is 12.1 Å². The number of phenolic OH excluding ortho intramolecular Hbond substituents is 1. The van der Waals surface area contributed by atoms with Gasteiger partial charge in [-0.1, -0.05) is 12.1 Å². The molecular formula is C10H7NO7P-. The molecule has 0 amide bonds. The summed E-state index contributed by atoms with van der Waals surface area (Å²) in [6.45, 7) is 0. The number of nitro groups is 1. The Morgan fingerprint density at radius 3 is 2.53 bits per heavy atom. The van der Waals surface area contributed by atoms with E-state index in [1.54, 1.807) is 0 Å². The molecule has 0 saturated heterocycles. The molecule has 100 valence electrons. The first kappa shape index (κ1) is 13.3. The summed E-state index contributed by atoms with van der Waals surface area (Å²) in [5.74, 6) is -0.703. The summed E-state index contributed by atoms with van der Waals surface area (Å²) < 4.78 is 15.0. The zero-order chi connectivity index (χ0) is 14.2. The zero-order valence-corrected chi connectivity index (χ0v) is 10.1. The van der Waals surface area contributed by atoms with Gasteiger partial charge >= 0.3 is 7.82 Å². The van der Waals surface area contributed by atoms with Gasteiger partial charge in [0.1, 0.15) is 16.9 Å². The Morgan fingerprint density at radius 2 is 1.95 bits per heavy atom. The van der Waals surface area contributed by atoms with Gasteiger partial charge in [0.2, 0.25) is 0 Å². The summed E-state index contributed by atoms with van der Waals surface area (Å²) >= 11 is 0. The second-order valence-electron chi connectivity index (χ2n) is 3.60. The topological polar surface area (TPSA) is 133 Å². The lowest BCUT2D eigenvalue weighted by molar-refractivity contribution is -0.383. The molecule has 2 aromatic carbocycles. The van der Waals surface area contributed by atoms with Crippen molar-refractivity contribution in [2.24, 2.45) is 0 Å². The monoisotopic (exact) mass is 284 g/mol. The van der Waals surface area contributed by atoms with Crippen LogP contribution in [0.5, 0.6) is 11.5 Å². The van der Waals surface area contributed by atoms with E-state index in [1.165, 1.54) is 12.1 Å². The molecule has 2 aromatic rings. The van der Waals surface area contributed by atoms with Crippen LogP contribution in [0, 0.1) is 10.1 Å². The molecule has 8 nitrogen and oxygen atoms in total. The van der Waals surface area contributed by atoms with Gasteiger partial charge in [-0.15, -0.1) is 0 Å². The zero-order valence-electron chi connectivity index (χ0n) is 9.22. The summed E-state index contributed by atoms with van der Waals surface area (Å²) in [6.07, 6.45) is 0. The number of benzene rings is 2. The number of nitrogens with zero attached hydrogens (tertiary/aromatic N) is 1. The van der Waals surface area contributed by atoms with Crippen LogP contribution in [-0.2, 0) is 4.57 Å². The molecule has 2 rings (SSSR count). The molecule has 0 saturated carbocycles. The fourth-order valence-corrected chi connectivity index (χ4v) is 2.09. The molecule has 0 bridgehead atoms. The van der Waals surface area contributed by atoms with E-state index in [4.69, 9.17) is 4.89 Å². The standard InChI is InChI=1S/C10H8NO7P/c12-8-5-4-7(11(13)14)10-6(8)2-1-3-9(10)18-19(15,16)17/h1-5,12H,(H2,15,16,17)/p-1. The van der Waals surface area contributed by atoms with Crippen molar-refractivity contribution in [2.75, 3.05) is 0 Å². The highest BCUT2D eigenvalue weighted by Gasteiger charge is 2.20. The smallest absolute Gasteiger partial charge is 0.317 e. The van der Waals surface area contributed by atoms with E-state index in [-0.39, 0.29) is 16.5 Å². The molecule has 0 aliphatic carbocycles. The van der Waals surface area contributed by atoms with Crippen molar-refractivity contribution < 1.29 is 28.9 Å². The molecular weight excluding hydrogens is 277 g/mol. The minimum Gasteiger partial charge on any atom is -0.746 e. The number of phenols is 1. The maximum atomic E-state index is 10.9. The number of phosphoric acid groups is 1. The van der Waals surface area contributed by atoms with Crippen molar-refractivity contribution in [1.82, 2.24) is 0 Å². The van der Waals surface area contributed by atoms with Crippen LogP contribution in [-0.4, -0.2) is 14.9 Å². The minimum atomic E-state index is -5.11. The quantitative estimate of drug-likeness (QED) is 0.492. The van der Waals surface area contributed by atoms with Crippen LogP contribution in [0.4, 0.5) is 5.69 Å². The summed E-state index contributed by atoms with van der Waals surface area (Å²) in [5.41, 5.74) is -0.447. The second-order valence-corrected chi connectivity index (χ2v) is 4.72. The van der Waals surface area contributed by atoms with E-state index in [1.807, 2.05) is 0 Å². The fourth-order valence-electron chi connectivity index (χ4n) is 1.69. The lowest BCUT2D eigenvalue weighted by atomic mass is 10.1. The number of fused-ring (bicyclic) bond motifs is 1. The number of rotatable bonds is 3. The average molecular weight is 284 g/mol. The maximum Gasteiger partial charge on any atom is 0.317 e. The van der Waals surface area contributed by atoms with Crippen LogP contribution in [0.2, 0.25) is 0 Å². The van der Waals surface area contributed by atoms with Crippen LogP contribution in [0.15, 0.2) is 30.3 Å². The van der Waals surface area contributed by atoms with E-state index in [2.05, 4.69) is 4.52 Å². The van der Waals surface area contributed by atoms with Crippen molar-refractivity contribution in [3.63, 3.8) is 0 Å². The van der Waals surface area contributed by atoms with Crippen molar-refractivity contribution >= 4 is 24.3 Å². The molecule has 0 radical (unpaired) electrons. The van der Waals surface area contributed by atoms with Gasteiger partial charge in [0.15, 0.2) is 0 Å². The second kappa shape index (κ2) is 4.51. The van der Waals surface area contributed by atoms with Crippen LogP contribution in [0.25, 0.3) is 10.8 Å². The minimum absolute atomic E-state index is 0.0418. The summed E-state index contributed by atoms with van der Waals surface area (Å²) in [6, 6.07) is 5.95. The molecule has 0 fully saturated rings. The average Bonchev–Trinajstić information content (AvgIpc) is 2.28. The molecule has 0 heterocycles. The van der Waals surface area contributed by atoms with E-state index in [0.29, 0.717) is 0 Å². The van der Waals surface area contributed by atoms with E-state index < -0.39 is 24.2 Å². The van der Waals surface area contributed by atoms with Gasteiger partial charge in [-0.2, -0.15) is 0 Å². The predicted octanol–water partition coefficient (Wildman–Crippen LogP) is 1.29. The van der Waals surface area contributed by atoms with Gasteiger partial charge in [0.25, 0.3) is 5.69 Å². The number of aromatic hydroxyl groups is 1. The molecule has 1 atom stereocenters. The first-order chi connectivity index (χ1) is 8.79. The summed E-state index contributed by atoms with van der Waals surface area (Å²) in [5, 5.41) is 20.3. The van der Waals surface area contributed by atoms with E-state index in [9.17, 15) is 24.7 Å². The van der Waals surface area contributed by atoms with Gasteiger partial charge in [-0.25, -0.2) is 0 Å². The number of hydrogen-bond donors (Lipinski definition) is 2. The van der Waals surface area contributed by atoms with Crippen molar-refractivity contribution in [2.45, 2.75) is 0 Å². The molecule has 1 unspecified atom stereocenters. The Hall–Kier alpha value is -2.15. The molecule has 0 spiro atoms. The van der Waals surface area contributed by atoms with Crippen LogP contribution in [0.1, 0.15) is 0 Å². The summed E-state index contributed by atoms with van der Waals surface area (Å²) in [7, 11) is -5.11. The highest BCUT2D eigenvalue weighted by Crippen LogP contribution is 2.43. The third-order valence-corrected chi connectivity index (χ3v) is 2.80. The Bertz CT molecular complexity index is 708. The Balaban J connectivity index is 2.81. The Morgan fingerprint density at radius 1 is 1.26 bits per heavy atom. The first-order valence-corrected chi connectivity index (χ1v) is 6.41. The lowest BCUT2D eigenvalue weighted by Crippen LogP contribution is -2.06. The molecule has 0 aliphatic rings. The molecule has 0 aliphatic heterocycles. The predicted molar refractivity (Wildman–Crippen MR) is 62.7 cm³/mol. The third kappa shape index (κ3) is 2.65. The fraction of sp³-hybridized carbons (Fsp3) is 0. The van der Waals surface area contributed by atoms with E-state index >= 15 is 0 Å².